The molecular formula is C16H24N2O3. The second-order valence-electron chi connectivity index (χ2n) is 5.52. The van der Waals surface area contributed by atoms with Gasteiger partial charge in [-0.15, -0.1) is 0 Å². The van der Waals surface area contributed by atoms with Crippen LogP contribution in [0.1, 0.15) is 43.0 Å². The summed E-state index contributed by atoms with van der Waals surface area (Å²) in [5.74, 6) is 6.07. The third kappa shape index (κ3) is 4.72. The first kappa shape index (κ1) is 15.8. The van der Waals surface area contributed by atoms with E-state index < -0.39 is 0 Å². The molecule has 1 aliphatic carbocycles. The number of nitrogens with one attached hydrogen (secondary N) is 1. The molecule has 2 atom stereocenters. The summed E-state index contributed by atoms with van der Waals surface area (Å²) in [5, 5.41) is 0. The number of carbonyl (C=O) groups is 1. The van der Waals surface area contributed by atoms with E-state index in [-0.39, 0.29) is 5.91 Å². The van der Waals surface area contributed by atoms with Gasteiger partial charge in [0.2, 0.25) is 0 Å². The molecule has 5 heteroatoms. The van der Waals surface area contributed by atoms with E-state index in [1.165, 1.54) is 19.3 Å². The molecule has 5 nitrogen and oxygen atoms in total. The number of hydrazine groups is 1. The molecule has 0 saturated heterocycles. The topological polar surface area (TPSA) is 73.6 Å². The molecule has 1 aliphatic rings. The van der Waals surface area contributed by atoms with Crippen LogP contribution in [0.25, 0.3) is 0 Å². The van der Waals surface area contributed by atoms with E-state index in [1.807, 2.05) is 6.07 Å². The molecule has 0 heterocycles. The van der Waals surface area contributed by atoms with Gasteiger partial charge >= 0.3 is 0 Å². The molecule has 1 fully saturated rings. The Morgan fingerprint density at radius 3 is 2.90 bits per heavy atom. The van der Waals surface area contributed by atoms with Crippen molar-refractivity contribution in [2.24, 2.45) is 11.8 Å². The van der Waals surface area contributed by atoms with Crippen molar-refractivity contribution in [3.63, 3.8) is 0 Å². The van der Waals surface area contributed by atoms with Crippen molar-refractivity contribution in [3.05, 3.63) is 29.8 Å². The van der Waals surface area contributed by atoms with Crippen LogP contribution in [0.2, 0.25) is 0 Å². The first-order chi connectivity index (χ1) is 10.2. The van der Waals surface area contributed by atoms with E-state index in [1.54, 1.807) is 18.2 Å². The average Bonchev–Trinajstić information content (AvgIpc) is 2.52. The number of hydrogen-bond donors (Lipinski definition) is 2. The van der Waals surface area contributed by atoms with Crippen LogP contribution in [-0.2, 0) is 4.74 Å². The lowest BCUT2D eigenvalue weighted by Gasteiger charge is -2.28. The van der Waals surface area contributed by atoms with Crippen LogP contribution in [0.3, 0.4) is 0 Å². The molecule has 0 radical (unpaired) electrons. The Kier molecular flexibility index (Phi) is 6.02. The van der Waals surface area contributed by atoms with Gasteiger partial charge in [-0.05, 0) is 37.0 Å². The number of nitrogens with two attached hydrogens (primary N) is 1. The first-order valence-electron chi connectivity index (χ1n) is 7.56. The van der Waals surface area contributed by atoms with Crippen LogP contribution in [0.15, 0.2) is 24.3 Å². The highest BCUT2D eigenvalue weighted by atomic mass is 16.5. The number of rotatable bonds is 6. The zero-order valence-electron chi connectivity index (χ0n) is 12.5. The molecule has 2 unspecified atom stereocenters. The molecule has 1 aromatic rings. The Hall–Kier alpha value is -1.59. The SMILES string of the molecule is CC1CCCCC1OCCOc1cccc(C(=O)NN)c1. The van der Waals surface area contributed by atoms with Crippen molar-refractivity contribution in [1.29, 1.82) is 0 Å². The zero-order chi connectivity index (χ0) is 15.1. The molecule has 21 heavy (non-hydrogen) atoms. The van der Waals surface area contributed by atoms with E-state index in [4.69, 9.17) is 15.3 Å². The van der Waals surface area contributed by atoms with Crippen LogP contribution in [-0.4, -0.2) is 25.2 Å². The van der Waals surface area contributed by atoms with Gasteiger partial charge in [0, 0.05) is 5.56 Å². The van der Waals surface area contributed by atoms with Gasteiger partial charge < -0.3 is 9.47 Å². The van der Waals surface area contributed by atoms with Crippen LogP contribution >= 0.6 is 0 Å². The number of amides is 1. The summed E-state index contributed by atoms with van der Waals surface area (Å²) in [6, 6.07) is 6.95. The Labute approximate surface area is 125 Å². The number of ether oxygens (including phenoxy) is 2. The molecule has 3 N–H and O–H groups in total. The highest BCUT2D eigenvalue weighted by Gasteiger charge is 2.21. The van der Waals surface area contributed by atoms with Crippen molar-refractivity contribution in [1.82, 2.24) is 5.43 Å². The minimum atomic E-state index is -0.326. The molecule has 0 aliphatic heterocycles. The summed E-state index contributed by atoms with van der Waals surface area (Å²) in [4.78, 5) is 11.4. The molecule has 0 aromatic heterocycles. The third-order valence-electron chi connectivity index (χ3n) is 3.94. The summed E-state index contributed by atoms with van der Waals surface area (Å²) in [6.45, 7) is 3.30. The second-order valence-corrected chi connectivity index (χ2v) is 5.52. The van der Waals surface area contributed by atoms with Crippen LogP contribution in [0, 0.1) is 5.92 Å². The number of benzene rings is 1. The molecule has 116 valence electrons. The number of carbonyl (C=O) groups excluding carboxylic acids is 1. The molecule has 1 amide bonds. The Morgan fingerprint density at radius 2 is 2.14 bits per heavy atom. The lowest BCUT2D eigenvalue weighted by molar-refractivity contribution is -0.0165. The zero-order valence-corrected chi connectivity index (χ0v) is 12.5. The molecule has 1 saturated carbocycles. The van der Waals surface area contributed by atoms with Crippen molar-refractivity contribution in [3.8, 4) is 5.75 Å². The lowest BCUT2D eigenvalue weighted by Crippen LogP contribution is -2.30. The standard InChI is InChI=1S/C16H24N2O3/c1-12-5-2-3-8-15(12)21-10-9-20-14-7-4-6-13(11-14)16(19)18-17/h4,6-7,11-12,15H,2-3,5,8-10,17H2,1H3,(H,18,19). The van der Waals surface area contributed by atoms with Gasteiger partial charge in [0.1, 0.15) is 12.4 Å². The van der Waals surface area contributed by atoms with E-state index in [2.05, 4.69) is 12.3 Å². The van der Waals surface area contributed by atoms with E-state index in [9.17, 15) is 4.79 Å². The van der Waals surface area contributed by atoms with Crippen molar-refractivity contribution in [2.45, 2.75) is 38.7 Å². The van der Waals surface area contributed by atoms with Crippen LogP contribution in [0.4, 0.5) is 0 Å². The van der Waals surface area contributed by atoms with Crippen molar-refractivity contribution in [2.75, 3.05) is 13.2 Å². The summed E-state index contributed by atoms with van der Waals surface area (Å²) in [5.41, 5.74) is 2.59. The monoisotopic (exact) mass is 292 g/mol. The van der Waals surface area contributed by atoms with Gasteiger partial charge in [-0.3, -0.25) is 10.2 Å². The molecule has 0 spiro atoms. The molecule has 2 rings (SSSR count). The largest absolute Gasteiger partial charge is 0.491 e. The predicted octanol–water partition coefficient (Wildman–Crippen LogP) is 2.26. The van der Waals surface area contributed by atoms with Gasteiger partial charge in [-0.2, -0.15) is 0 Å². The fraction of sp³-hybridized carbons (Fsp3) is 0.562. The predicted molar refractivity (Wildman–Crippen MR) is 81.0 cm³/mol. The quantitative estimate of drug-likeness (QED) is 0.365. The third-order valence-corrected chi connectivity index (χ3v) is 3.94. The van der Waals surface area contributed by atoms with Crippen molar-refractivity contribution < 1.29 is 14.3 Å². The molecule has 0 bridgehead atoms. The maximum Gasteiger partial charge on any atom is 0.265 e. The Bertz CT molecular complexity index is 465. The fourth-order valence-corrected chi connectivity index (χ4v) is 2.70. The molecule has 1 aromatic carbocycles. The summed E-state index contributed by atoms with van der Waals surface area (Å²) in [7, 11) is 0. The maximum absolute atomic E-state index is 11.4. The normalized spacial score (nSPS) is 21.8. The summed E-state index contributed by atoms with van der Waals surface area (Å²) < 4.78 is 11.5. The van der Waals surface area contributed by atoms with Gasteiger partial charge in [0.05, 0.1) is 12.7 Å². The highest BCUT2D eigenvalue weighted by molar-refractivity contribution is 5.94. The molecular weight excluding hydrogens is 268 g/mol. The fourth-order valence-electron chi connectivity index (χ4n) is 2.70. The maximum atomic E-state index is 11.4. The van der Waals surface area contributed by atoms with Crippen molar-refractivity contribution >= 4 is 5.91 Å². The summed E-state index contributed by atoms with van der Waals surface area (Å²) >= 11 is 0. The van der Waals surface area contributed by atoms with E-state index >= 15 is 0 Å². The van der Waals surface area contributed by atoms with Crippen LogP contribution < -0.4 is 16.0 Å². The smallest absolute Gasteiger partial charge is 0.265 e. The lowest BCUT2D eigenvalue weighted by atomic mass is 9.88. The average molecular weight is 292 g/mol. The van der Waals surface area contributed by atoms with E-state index in [0.717, 1.165) is 6.42 Å². The number of nitrogen functional groups attached to an aromatic ring is 1. The number of hydrogen-bond acceptors (Lipinski definition) is 4. The Balaban J connectivity index is 1.74. The first-order valence-corrected chi connectivity index (χ1v) is 7.56. The minimum absolute atomic E-state index is 0.326. The van der Waals surface area contributed by atoms with Gasteiger partial charge in [0.15, 0.2) is 0 Å². The summed E-state index contributed by atoms with van der Waals surface area (Å²) in [6.07, 6.45) is 5.33. The second kappa shape index (κ2) is 8.00. The van der Waals surface area contributed by atoms with Gasteiger partial charge in [0.25, 0.3) is 5.91 Å². The Morgan fingerprint density at radius 1 is 1.33 bits per heavy atom. The van der Waals surface area contributed by atoms with Gasteiger partial charge in [-0.25, -0.2) is 5.84 Å². The highest BCUT2D eigenvalue weighted by Crippen LogP contribution is 2.26. The van der Waals surface area contributed by atoms with Crippen LogP contribution in [0.5, 0.6) is 5.75 Å². The minimum Gasteiger partial charge on any atom is -0.491 e. The van der Waals surface area contributed by atoms with Gasteiger partial charge in [-0.1, -0.05) is 25.8 Å². The van der Waals surface area contributed by atoms with E-state index in [0.29, 0.717) is 36.5 Å².